The lowest BCUT2D eigenvalue weighted by molar-refractivity contribution is 0.247. The normalized spacial score (nSPS) is 16.6. The van der Waals surface area contributed by atoms with Gasteiger partial charge in [0, 0.05) is 44.3 Å². The van der Waals surface area contributed by atoms with Crippen molar-refractivity contribution in [1.82, 2.24) is 14.9 Å². The van der Waals surface area contributed by atoms with Gasteiger partial charge in [-0.05, 0) is 12.1 Å². The summed E-state index contributed by atoms with van der Waals surface area (Å²) in [7, 11) is 0. The highest BCUT2D eigenvalue weighted by Gasteiger charge is 2.19. The molecule has 0 unspecified atom stereocenters. The van der Waals surface area contributed by atoms with Gasteiger partial charge in [-0.2, -0.15) is 0 Å². The Hall–Kier alpha value is -1.37. The number of anilines is 2. The van der Waals surface area contributed by atoms with E-state index < -0.39 is 0 Å². The number of aromatic nitrogens is 2. The molecule has 1 aliphatic heterocycles. The Morgan fingerprint density at radius 3 is 2.75 bits per heavy atom. The predicted octanol–water partition coefficient (Wildman–Crippen LogP) is 2.10. The molecular formula is C13H16ClN5S. The number of rotatable bonds is 3. The zero-order valence-corrected chi connectivity index (χ0v) is 12.6. The largest absolute Gasteiger partial charge is 0.384 e. The van der Waals surface area contributed by atoms with Crippen molar-refractivity contribution in [2.45, 2.75) is 6.54 Å². The van der Waals surface area contributed by atoms with Gasteiger partial charge in [0.1, 0.15) is 5.82 Å². The van der Waals surface area contributed by atoms with E-state index in [0.717, 1.165) is 43.5 Å². The van der Waals surface area contributed by atoms with Crippen molar-refractivity contribution in [3.05, 3.63) is 34.4 Å². The summed E-state index contributed by atoms with van der Waals surface area (Å²) in [6.45, 7) is 4.66. The van der Waals surface area contributed by atoms with Crippen molar-refractivity contribution in [2.24, 2.45) is 0 Å². The van der Waals surface area contributed by atoms with Crippen molar-refractivity contribution in [3.8, 4) is 0 Å². The average molecular weight is 310 g/mol. The van der Waals surface area contributed by atoms with Crippen molar-refractivity contribution in [2.75, 3.05) is 36.8 Å². The Labute approximate surface area is 127 Å². The smallest absolute Gasteiger partial charge is 0.185 e. The second-order valence-corrected chi connectivity index (χ2v) is 6.02. The lowest BCUT2D eigenvalue weighted by atomic mass is 10.2. The Bertz CT molecular complexity index is 566. The van der Waals surface area contributed by atoms with E-state index in [-0.39, 0.29) is 0 Å². The number of piperazine rings is 1. The molecular weight excluding hydrogens is 294 g/mol. The zero-order chi connectivity index (χ0) is 13.9. The van der Waals surface area contributed by atoms with Crippen LogP contribution in [-0.4, -0.2) is 41.0 Å². The Balaban J connectivity index is 1.60. The maximum absolute atomic E-state index is 6.16. The van der Waals surface area contributed by atoms with E-state index in [0.29, 0.717) is 10.8 Å². The van der Waals surface area contributed by atoms with Gasteiger partial charge in [0.2, 0.25) is 0 Å². The van der Waals surface area contributed by atoms with Crippen LogP contribution in [0, 0.1) is 0 Å². The van der Waals surface area contributed by atoms with E-state index in [1.54, 1.807) is 17.4 Å². The molecule has 0 amide bonds. The van der Waals surface area contributed by atoms with Gasteiger partial charge in [-0.3, -0.25) is 4.90 Å². The number of pyridine rings is 1. The maximum Gasteiger partial charge on any atom is 0.185 e. The van der Waals surface area contributed by atoms with E-state index in [1.807, 2.05) is 17.6 Å². The second kappa shape index (κ2) is 5.95. The molecule has 106 valence electrons. The molecule has 2 aromatic heterocycles. The number of hydrogen-bond donors (Lipinski definition) is 1. The Kier molecular flexibility index (Phi) is 4.05. The zero-order valence-electron chi connectivity index (χ0n) is 11.0. The highest BCUT2D eigenvalue weighted by atomic mass is 35.5. The third-order valence-electron chi connectivity index (χ3n) is 3.38. The molecule has 0 aliphatic carbocycles. The van der Waals surface area contributed by atoms with Crippen LogP contribution in [0.4, 0.5) is 10.9 Å². The number of halogens is 1. The number of nitrogens with zero attached hydrogens (tertiary/aromatic N) is 4. The number of hydrogen-bond acceptors (Lipinski definition) is 6. The molecule has 20 heavy (non-hydrogen) atoms. The SMILES string of the molecule is Nc1ccc(Cl)c(CN2CCN(c3nccs3)CC2)n1. The number of nitrogen functional groups attached to an aromatic ring is 1. The van der Waals surface area contributed by atoms with E-state index in [9.17, 15) is 0 Å². The topological polar surface area (TPSA) is 58.3 Å². The molecule has 7 heteroatoms. The molecule has 0 bridgehead atoms. The van der Waals surface area contributed by atoms with Crippen LogP contribution in [0.25, 0.3) is 0 Å². The van der Waals surface area contributed by atoms with Crippen LogP contribution in [0.3, 0.4) is 0 Å². The van der Waals surface area contributed by atoms with Crippen LogP contribution in [0.1, 0.15) is 5.69 Å². The fourth-order valence-electron chi connectivity index (χ4n) is 2.29. The van der Waals surface area contributed by atoms with Crippen LogP contribution in [-0.2, 0) is 6.54 Å². The number of nitrogens with two attached hydrogens (primary N) is 1. The van der Waals surface area contributed by atoms with Crippen LogP contribution in [0.2, 0.25) is 5.02 Å². The minimum absolute atomic E-state index is 0.519. The lowest BCUT2D eigenvalue weighted by Gasteiger charge is -2.34. The quantitative estimate of drug-likeness (QED) is 0.941. The Morgan fingerprint density at radius 2 is 2.05 bits per heavy atom. The molecule has 1 saturated heterocycles. The molecule has 2 aromatic rings. The van der Waals surface area contributed by atoms with Gasteiger partial charge in [-0.1, -0.05) is 11.6 Å². The molecule has 5 nitrogen and oxygen atoms in total. The molecule has 3 rings (SSSR count). The highest BCUT2D eigenvalue weighted by molar-refractivity contribution is 7.13. The van der Waals surface area contributed by atoms with E-state index in [2.05, 4.69) is 19.8 Å². The maximum atomic E-state index is 6.16. The third kappa shape index (κ3) is 3.03. The molecule has 1 aliphatic rings. The van der Waals surface area contributed by atoms with Crippen molar-refractivity contribution < 1.29 is 0 Å². The van der Waals surface area contributed by atoms with E-state index >= 15 is 0 Å². The molecule has 2 N–H and O–H groups in total. The van der Waals surface area contributed by atoms with Gasteiger partial charge in [0.05, 0.1) is 10.7 Å². The van der Waals surface area contributed by atoms with Gasteiger partial charge in [0.15, 0.2) is 5.13 Å². The van der Waals surface area contributed by atoms with E-state index in [4.69, 9.17) is 17.3 Å². The minimum atomic E-state index is 0.519. The fraction of sp³-hybridized carbons (Fsp3) is 0.385. The summed E-state index contributed by atoms with van der Waals surface area (Å²) in [5.74, 6) is 0.519. The fourth-order valence-corrected chi connectivity index (χ4v) is 3.16. The lowest BCUT2D eigenvalue weighted by Crippen LogP contribution is -2.46. The molecule has 1 fully saturated rings. The van der Waals surface area contributed by atoms with Crippen molar-refractivity contribution >= 4 is 33.9 Å². The summed E-state index contributed by atoms with van der Waals surface area (Å²) in [5.41, 5.74) is 6.57. The molecule has 0 saturated carbocycles. The van der Waals surface area contributed by atoms with Crippen molar-refractivity contribution in [1.29, 1.82) is 0 Å². The van der Waals surface area contributed by atoms with Gasteiger partial charge in [-0.25, -0.2) is 9.97 Å². The summed E-state index contributed by atoms with van der Waals surface area (Å²) in [5, 5.41) is 3.80. The first-order valence-corrected chi connectivity index (χ1v) is 7.76. The molecule has 0 spiro atoms. The molecule has 0 aromatic carbocycles. The third-order valence-corrected chi connectivity index (χ3v) is 4.55. The van der Waals surface area contributed by atoms with E-state index in [1.165, 1.54) is 0 Å². The second-order valence-electron chi connectivity index (χ2n) is 4.74. The highest BCUT2D eigenvalue weighted by Crippen LogP contribution is 2.21. The summed E-state index contributed by atoms with van der Waals surface area (Å²) >= 11 is 7.85. The van der Waals surface area contributed by atoms with Gasteiger partial charge in [0.25, 0.3) is 0 Å². The monoisotopic (exact) mass is 309 g/mol. The first-order chi connectivity index (χ1) is 9.72. The Morgan fingerprint density at radius 1 is 1.25 bits per heavy atom. The first-order valence-electron chi connectivity index (χ1n) is 6.50. The standard InChI is InChI=1S/C13H16ClN5S/c14-10-1-2-12(15)17-11(10)9-18-4-6-19(7-5-18)13-16-3-8-20-13/h1-3,8H,4-7,9H2,(H2,15,17). The summed E-state index contributed by atoms with van der Waals surface area (Å²) in [4.78, 5) is 13.3. The summed E-state index contributed by atoms with van der Waals surface area (Å²) in [6, 6.07) is 3.54. The molecule has 3 heterocycles. The number of thiazole rings is 1. The van der Waals surface area contributed by atoms with Gasteiger partial charge >= 0.3 is 0 Å². The van der Waals surface area contributed by atoms with Crippen molar-refractivity contribution in [3.63, 3.8) is 0 Å². The van der Waals surface area contributed by atoms with Gasteiger partial charge in [-0.15, -0.1) is 11.3 Å². The summed E-state index contributed by atoms with van der Waals surface area (Å²) < 4.78 is 0. The molecule has 0 atom stereocenters. The van der Waals surface area contributed by atoms with Crippen LogP contribution >= 0.6 is 22.9 Å². The average Bonchev–Trinajstić information content (AvgIpc) is 2.98. The predicted molar refractivity (Wildman–Crippen MR) is 83.3 cm³/mol. The van der Waals surface area contributed by atoms with Gasteiger partial charge < -0.3 is 10.6 Å². The minimum Gasteiger partial charge on any atom is -0.384 e. The molecule has 0 radical (unpaired) electrons. The summed E-state index contributed by atoms with van der Waals surface area (Å²) in [6.07, 6.45) is 1.85. The first kappa shape index (κ1) is 13.6. The van der Waals surface area contributed by atoms with Crippen LogP contribution in [0.5, 0.6) is 0 Å². The van der Waals surface area contributed by atoms with Crippen LogP contribution < -0.4 is 10.6 Å². The van der Waals surface area contributed by atoms with Crippen LogP contribution in [0.15, 0.2) is 23.7 Å².